The van der Waals surface area contributed by atoms with Gasteiger partial charge < -0.3 is 5.32 Å². The standard InChI is InChI=1S/C18H29NS/c1-19-18(9-6-14-10-11-20-13-14)17-8-7-15-4-2-3-5-16(15)12-17/h10-11,13,15-19H,2-9,12H2,1H3. The van der Waals surface area contributed by atoms with Crippen LogP contribution in [0, 0.1) is 17.8 Å². The molecule has 20 heavy (non-hydrogen) atoms. The molecule has 3 rings (SSSR count). The van der Waals surface area contributed by atoms with Gasteiger partial charge in [0.25, 0.3) is 0 Å². The fourth-order valence-electron chi connectivity index (χ4n) is 4.65. The van der Waals surface area contributed by atoms with E-state index < -0.39 is 0 Å². The minimum Gasteiger partial charge on any atom is -0.317 e. The molecular formula is C18H29NS. The number of rotatable bonds is 5. The van der Waals surface area contributed by atoms with Crippen LogP contribution >= 0.6 is 11.3 Å². The van der Waals surface area contributed by atoms with E-state index >= 15 is 0 Å². The third-order valence-corrected chi connectivity index (χ3v) is 6.58. The van der Waals surface area contributed by atoms with Gasteiger partial charge in [0.2, 0.25) is 0 Å². The van der Waals surface area contributed by atoms with Gasteiger partial charge in [-0.05, 0) is 79.3 Å². The highest BCUT2D eigenvalue weighted by molar-refractivity contribution is 7.07. The van der Waals surface area contributed by atoms with Crippen molar-refractivity contribution in [3.63, 3.8) is 0 Å². The van der Waals surface area contributed by atoms with Crippen LogP contribution in [0.4, 0.5) is 0 Å². The molecule has 4 unspecified atom stereocenters. The Morgan fingerprint density at radius 2 is 2.05 bits per heavy atom. The summed E-state index contributed by atoms with van der Waals surface area (Å²) >= 11 is 1.83. The van der Waals surface area contributed by atoms with Gasteiger partial charge in [0, 0.05) is 6.04 Å². The number of hydrogen-bond acceptors (Lipinski definition) is 2. The van der Waals surface area contributed by atoms with Crippen molar-refractivity contribution in [1.29, 1.82) is 0 Å². The first kappa shape index (κ1) is 14.6. The molecule has 2 saturated carbocycles. The van der Waals surface area contributed by atoms with Crippen LogP contribution in [0.2, 0.25) is 0 Å². The average Bonchev–Trinajstić information content (AvgIpc) is 3.01. The van der Waals surface area contributed by atoms with Gasteiger partial charge >= 0.3 is 0 Å². The molecule has 1 aromatic heterocycles. The summed E-state index contributed by atoms with van der Waals surface area (Å²) in [6.45, 7) is 0. The molecule has 2 fully saturated rings. The molecule has 0 aliphatic heterocycles. The highest BCUT2D eigenvalue weighted by Crippen LogP contribution is 2.43. The Labute approximate surface area is 128 Å². The van der Waals surface area contributed by atoms with Gasteiger partial charge in [0.15, 0.2) is 0 Å². The molecule has 0 aromatic carbocycles. The van der Waals surface area contributed by atoms with Crippen molar-refractivity contribution in [2.75, 3.05) is 7.05 Å². The number of thiophene rings is 1. The first-order valence-corrected chi connectivity index (χ1v) is 9.49. The maximum Gasteiger partial charge on any atom is 0.00956 e. The van der Waals surface area contributed by atoms with E-state index in [1.54, 1.807) is 0 Å². The summed E-state index contributed by atoms with van der Waals surface area (Å²) in [5.74, 6) is 3.06. The molecule has 1 nitrogen and oxygen atoms in total. The molecule has 0 radical (unpaired) electrons. The topological polar surface area (TPSA) is 12.0 Å². The first-order valence-electron chi connectivity index (χ1n) is 8.55. The summed E-state index contributed by atoms with van der Waals surface area (Å²) < 4.78 is 0. The lowest BCUT2D eigenvalue weighted by Crippen LogP contribution is -2.39. The zero-order chi connectivity index (χ0) is 13.8. The molecule has 1 aromatic rings. The second-order valence-corrected chi connectivity index (χ2v) is 7.72. The zero-order valence-corrected chi connectivity index (χ0v) is 13.6. The van der Waals surface area contributed by atoms with E-state index in [1.807, 2.05) is 11.3 Å². The van der Waals surface area contributed by atoms with Crippen molar-refractivity contribution in [2.45, 2.75) is 63.8 Å². The highest BCUT2D eigenvalue weighted by atomic mass is 32.1. The van der Waals surface area contributed by atoms with Gasteiger partial charge in [-0.3, -0.25) is 0 Å². The fraction of sp³-hybridized carbons (Fsp3) is 0.778. The van der Waals surface area contributed by atoms with Gasteiger partial charge in [-0.25, -0.2) is 0 Å². The van der Waals surface area contributed by atoms with E-state index in [0.717, 1.165) is 23.8 Å². The van der Waals surface area contributed by atoms with Crippen molar-refractivity contribution >= 4 is 11.3 Å². The Morgan fingerprint density at radius 3 is 2.80 bits per heavy atom. The molecule has 112 valence electrons. The summed E-state index contributed by atoms with van der Waals surface area (Å²) in [6, 6.07) is 3.02. The molecule has 0 bridgehead atoms. The van der Waals surface area contributed by atoms with E-state index in [1.165, 1.54) is 63.4 Å². The van der Waals surface area contributed by atoms with E-state index in [-0.39, 0.29) is 0 Å². The summed E-state index contributed by atoms with van der Waals surface area (Å²) in [5, 5.41) is 8.15. The monoisotopic (exact) mass is 291 g/mol. The quantitative estimate of drug-likeness (QED) is 0.815. The van der Waals surface area contributed by atoms with Crippen LogP contribution in [0.15, 0.2) is 16.8 Å². The van der Waals surface area contributed by atoms with Gasteiger partial charge in [-0.15, -0.1) is 0 Å². The van der Waals surface area contributed by atoms with Crippen molar-refractivity contribution in [3.8, 4) is 0 Å². The van der Waals surface area contributed by atoms with E-state index in [0.29, 0.717) is 0 Å². The Balaban J connectivity index is 1.53. The lowest BCUT2D eigenvalue weighted by atomic mass is 9.65. The largest absolute Gasteiger partial charge is 0.317 e. The predicted molar refractivity (Wildman–Crippen MR) is 88.3 cm³/mol. The predicted octanol–water partition coefficient (Wildman–Crippen LogP) is 4.88. The summed E-state index contributed by atoms with van der Waals surface area (Å²) in [6.07, 6.45) is 13.1. The maximum absolute atomic E-state index is 3.63. The second kappa shape index (κ2) is 7.09. The normalized spacial score (nSPS) is 31.8. The smallest absolute Gasteiger partial charge is 0.00956 e. The maximum atomic E-state index is 3.63. The first-order chi connectivity index (χ1) is 9.86. The van der Waals surface area contributed by atoms with Crippen LogP contribution in [0.1, 0.15) is 56.9 Å². The fourth-order valence-corrected chi connectivity index (χ4v) is 5.35. The summed E-state index contributed by atoms with van der Waals surface area (Å²) in [7, 11) is 2.17. The van der Waals surface area contributed by atoms with Gasteiger partial charge in [-0.2, -0.15) is 11.3 Å². The Bertz CT molecular complexity index is 386. The zero-order valence-electron chi connectivity index (χ0n) is 12.8. The molecule has 0 amide bonds. The SMILES string of the molecule is CNC(CCc1ccsc1)C1CCC2CCCCC2C1. The average molecular weight is 292 g/mol. The summed E-state index contributed by atoms with van der Waals surface area (Å²) in [4.78, 5) is 0. The van der Waals surface area contributed by atoms with Gasteiger partial charge in [-0.1, -0.05) is 25.7 Å². The Kier molecular flexibility index (Phi) is 5.17. The van der Waals surface area contributed by atoms with Gasteiger partial charge in [0.05, 0.1) is 0 Å². The van der Waals surface area contributed by atoms with Crippen molar-refractivity contribution in [1.82, 2.24) is 5.32 Å². The van der Waals surface area contributed by atoms with Crippen LogP contribution in [-0.2, 0) is 6.42 Å². The molecule has 4 atom stereocenters. The van der Waals surface area contributed by atoms with Crippen LogP contribution in [-0.4, -0.2) is 13.1 Å². The molecule has 2 aliphatic carbocycles. The van der Waals surface area contributed by atoms with Crippen LogP contribution in [0.25, 0.3) is 0 Å². The van der Waals surface area contributed by atoms with Crippen LogP contribution < -0.4 is 5.32 Å². The molecule has 0 spiro atoms. The lowest BCUT2D eigenvalue weighted by Gasteiger charge is -2.42. The van der Waals surface area contributed by atoms with Crippen molar-refractivity contribution < 1.29 is 0 Å². The Hall–Kier alpha value is -0.340. The number of aryl methyl sites for hydroxylation is 1. The third kappa shape index (κ3) is 3.46. The molecule has 2 aliphatic rings. The second-order valence-electron chi connectivity index (χ2n) is 6.94. The molecule has 0 saturated heterocycles. The number of hydrogen-bond donors (Lipinski definition) is 1. The van der Waals surface area contributed by atoms with Crippen LogP contribution in [0.3, 0.4) is 0 Å². The lowest BCUT2D eigenvalue weighted by molar-refractivity contribution is 0.109. The molecular weight excluding hydrogens is 262 g/mol. The molecule has 2 heteroatoms. The van der Waals surface area contributed by atoms with Crippen molar-refractivity contribution in [2.24, 2.45) is 17.8 Å². The van der Waals surface area contributed by atoms with E-state index in [4.69, 9.17) is 0 Å². The van der Waals surface area contributed by atoms with E-state index in [2.05, 4.69) is 29.2 Å². The van der Waals surface area contributed by atoms with Crippen molar-refractivity contribution in [3.05, 3.63) is 22.4 Å². The third-order valence-electron chi connectivity index (χ3n) is 5.84. The number of nitrogens with one attached hydrogen (secondary N) is 1. The van der Waals surface area contributed by atoms with Crippen LogP contribution in [0.5, 0.6) is 0 Å². The molecule has 1 N–H and O–H groups in total. The number of fused-ring (bicyclic) bond motifs is 1. The summed E-state index contributed by atoms with van der Waals surface area (Å²) in [5.41, 5.74) is 1.53. The minimum absolute atomic E-state index is 0.734. The highest BCUT2D eigenvalue weighted by Gasteiger charge is 2.34. The van der Waals surface area contributed by atoms with Gasteiger partial charge in [0.1, 0.15) is 0 Å². The molecule has 1 heterocycles. The van der Waals surface area contributed by atoms with E-state index in [9.17, 15) is 0 Å². The minimum atomic E-state index is 0.734. The Morgan fingerprint density at radius 1 is 1.20 bits per heavy atom.